The summed E-state index contributed by atoms with van der Waals surface area (Å²) in [4.78, 5) is 8.87. The van der Waals surface area contributed by atoms with Gasteiger partial charge in [-0.2, -0.15) is 4.39 Å². The Balaban J connectivity index is 3.52. The molecule has 0 heterocycles. The molecule has 0 spiro atoms. The summed E-state index contributed by atoms with van der Waals surface area (Å²) < 4.78 is 38.2. The highest BCUT2D eigenvalue weighted by Gasteiger charge is 2.29. The molecule has 0 amide bonds. The van der Waals surface area contributed by atoms with Crippen LogP contribution in [0, 0.1) is 27.6 Å². The van der Waals surface area contributed by atoms with Crippen molar-refractivity contribution >= 4 is 18.3 Å². The molecule has 0 aliphatic carbocycles. The molecule has 2 N–H and O–H groups in total. The Kier molecular flexibility index (Phi) is 2.96. The van der Waals surface area contributed by atoms with Crippen LogP contribution in [0.15, 0.2) is 6.07 Å². The average molecular weight is 221 g/mol. The van der Waals surface area contributed by atoms with Crippen molar-refractivity contribution in [2.24, 2.45) is 0 Å². The molecule has 1 aromatic carbocycles. The Morgan fingerprint density at radius 1 is 1.20 bits per heavy atom. The van der Waals surface area contributed by atoms with Crippen LogP contribution in [0.3, 0.4) is 0 Å². The maximum Gasteiger partial charge on any atom is 0.491 e. The van der Waals surface area contributed by atoms with Gasteiger partial charge in [0, 0.05) is 11.5 Å². The van der Waals surface area contributed by atoms with Crippen molar-refractivity contribution in [2.75, 3.05) is 0 Å². The van der Waals surface area contributed by atoms with Gasteiger partial charge >= 0.3 is 12.8 Å². The standard InChI is InChI=1S/C6H3BF3NO4/c8-4-2(7(12)13)1-3(11(14)15)5(9)6(4)10/h1,12-13H. The normalized spacial score (nSPS) is 10.2. The van der Waals surface area contributed by atoms with E-state index in [-0.39, 0.29) is 6.07 Å². The molecule has 0 radical (unpaired) electrons. The monoisotopic (exact) mass is 221 g/mol. The molecule has 0 saturated carbocycles. The summed E-state index contributed by atoms with van der Waals surface area (Å²) in [5, 5.41) is 27.2. The van der Waals surface area contributed by atoms with E-state index in [0.29, 0.717) is 0 Å². The van der Waals surface area contributed by atoms with Gasteiger partial charge in [0.2, 0.25) is 11.6 Å². The largest absolute Gasteiger partial charge is 0.491 e. The predicted octanol–water partition coefficient (Wildman–Crippen LogP) is -0.308. The summed E-state index contributed by atoms with van der Waals surface area (Å²) in [6.45, 7) is 0. The van der Waals surface area contributed by atoms with E-state index in [4.69, 9.17) is 10.0 Å². The molecule has 1 rings (SSSR count). The van der Waals surface area contributed by atoms with Gasteiger partial charge in [0.25, 0.3) is 0 Å². The fourth-order valence-electron chi connectivity index (χ4n) is 0.930. The number of nitrogens with zero attached hydrogens (tertiary/aromatic N) is 1. The van der Waals surface area contributed by atoms with E-state index in [1.54, 1.807) is 0 Å². The Bertz CT molecular complexity index is 425. The second-order valence-corrected chi connectivity index (χ2v) is 2.56. The van der Waals surface area contributed by atoms with Crippen molar-refractivity contribution < 1.29 is 28.1 Å². The van der Waals surface area contributed by atoms with Gasteiger partial charge in [-0.3, -0.25) is 10.1 Å². The SMILES string of the molecule is O=[N+]([O-])c1cc(B(O)O)c(F)c(F)c1F. The zero-order valence-electron chi connectivity index (χ0n) is 6.95. The summed E-state index contributed by atoms with van der Waals surface area (Å²) in [5.74, 6) is -5.97. The van der Waals surface area contributed by atoms with Gasteiger partial charge in [0.05, 0.1) is 4.92 Å². The molecule has 5 nitrogen and oxygen atoms in total. The van der Waals surface area contributed by atoms with Gasteiger partial charge in [-0.25, -0.2) is 8.78 Å². The summed E-state index contributed by atoms with van der Waals surface area (Å²) in [7, 11) is -2.46. The lowest BCUT2D eigenvalue weighted by atomic mass is 9.79. The van der Waals surface area contributed by atoms with Crippen molar-refractivity contribution in [1.29, 1.82) is 0 Å². The Labute approximate surface area is 81.1 Å². The quantitative estimate of drug-likeness (QED) is 0.310. The molecule has 1 aromatic rings. The molecule has 0 aromatic heterocycles. The van der Waals surface area contributed by atoms with Gasteiger partial charge < -0.3 is 10.0 Å². The first-order valence-corrected chi connectivity index (χ1v) is 3.54. The summed E-state index contributed by atoms with van der Waals surface area (Å²) >= 11 is 0. The molecule has 0 unspecified atom stereocenters. The maximum absolute atomic E-state index is 12.8. The van der Waals surface area contributed by atoms with Crippen LogP contribution in [0.25, 0.3) is 0 Å². The van der Waals surface area contributed by atoms with Crippen LogP contribution in [0.2, 0.25) is 0 Å². The fraction of sp³-hybridized carbons (Fsp3) is 0. The highest BCUT2D eigenvalue weighted by molar-refractivity contribution is 6.58. The fourth-order valence-corrected chi connectivity index (χ4v) is 0.930. The Hall–Kier alpha value is -1.61. The first-order valence-electron chi connectivity index (χ1n) is 3.54. The molecule has 0 atom stereocenters. The molecule has 0 saturated heterocycles. The van der Waals surface area contributed by atoms with Crippen LogP contribution in [0.5, 0.6) is 0 Å². The highest BCUT2D eigenvalue weighted by Crippen LogP contribution is 2.20. The van der Waals surface area contributed by atoms with Crippen LogP contribution in [0.4, 0.5) is 18.9 Å². The van der Waals surface area contributed by atoms with Crippen molar-refractivity contribution in [1.82, 2.24) is 0 Å². The van der Waals surface area contributed by atoms with E-state index in [0.717, 1.165) is 0 Å². The number of hydrogen-bond acceptors (Lipinski definition) is 4. The molecule has 0 bridgehead atoms. The first-order chi connectivity index (χ1) is 6.86. The van der Waals surface area contributed by atoms with Gasteiger partial charge in [-0.05, 0) is 0 Å². The first kappa shape index (κ1) is 11.5. The number of nitro groups is 1. The Morgan fingerprint density at radius 3 is 2.13 bits per heavy atom. The maximum atomic E-state index is 12.8. The highest BCUT2D eigenvalue weighted by atomic mass is 19.2. The van der Waals surface area contributed by atoms with E-state index in [9.17, 15) is 23.3 Å². The number of nitro benzene ring substituents is 1. The van der Waals surface area contributed by atoms with E-state index in [1.165, 1.54) is 0 Å². The smallest absolute Gasteiger partial charge is 0.423 e. The lowest BCUT2D eigenvalue weighted by Crippen LogP contribution is -2.34. The molecule has 9 heteroatoms. The van der Waals surface area contributed by atoms with Crippen LogP contribution in [-0.2, 0) is 0 Å². The molecular weight excluding hydrogens is 218 g/mol. The van der Waals surface area contributed by atoms with E-state index in [2.05, 4.69) is 0 Å². The topological polar surface area (TPSA) is 83.6 Å². The van der Waals surface area contributed by atoms with Crippen LogP contribution in [0.1, 0.15) is 0 Å². The number of hydrogen-bond donors (Lipinski definition) is 2. The van der Waals surface area contributed by atoms with Gasteiger partial charge in [-0.1, -0.05) is 0 Å². The molecule has 0 fully saturated rings. The molecule has 80 valence electrons. The van der Waals surface area contributed by atoms with Gasteiger partial charge in [0.15, 0.2) is 5.82 Å². The van der Waals surface area contributed by atoms with Crippen LogP contribution in [-0.4, -0.2) is 22.1 Å². The third-order valence-corrected chi connectivity index (χ3v) is 1.63. The molecule has 0 aliphatic rings. The minimum atomic E-state index is -2.46. The predicted molar refractivity (Wildman–Crippen MR) is 42.8 cm³/mol. The summed E-state index contributed by atoms with van der Waals surface area (Å²) in [5.41, 5.74) is -2.46. The molecule has 0 aliphatic heterocycles. The van der Waals surface area contributed by atoms with Gasteiger partial charge in [0.1, 0.15) is 0 Å². The summed E-state index contributed by atoms with van der Waals surface area (Å²) in [6.07, 6.45) is 0. The third kappa shape index (κ3) is 1.92. The number of halogens is 3. The lowest BCUT2D eigenvalue weighted by molar-refractivity contribution is -0.387. The van der Waals surface area contributed by atoms with Gasteiger partial charge in [-0.15, -0.1) is 0 Å². The minimum Gasteiger partial charge on any atom is -0.423 e. The Morgan fingerprint density at radius 2 is 1.73 bits per heavy atom. The molecule has 15 heavy (non-hydrogen) atoms. The van der Waals surface area contributed by atoms with E-state index in [1.807, 2.05) is 0 Å². The zero-order chi connectivity index (χ0) is 11.7. The molecular formula is C6H3BF3NO4. The second kappa shape index (κ2) is 3.87. The third-order valence-electron chi connectivity index (χ3n) is 1.63. The van der Waals surface area contributed by atoms with Crippen LogP contribution < -0.4 is 5.46 Å². The van der Waals surface area contributed by atoms with Crippen molar-refractivity contribution in [3.8, 4) is 0 Å². The zero-order valence-corrected chi connectivity index (χ0v) is 6.95. The number of benzene rings is 1. The van der Waals surface area contributed by atoms with E-state index >= 15 is 0 Å². The van der Waals surface area contributed by atoms with Crippen LogP contribution >= 0.6 is 0 Å². The summed E-state index contributed by atoms with van der Waals surface area (Å²) in [6, 6.07) is 0.221. The lowest BCUT2D eigenvalue weighted by Gasteiger charge is -2.03. The van der Waals surface area contributed by atoms with Crippen molar-refractivity contribution in [2.45, 2.75) is 0 Å². The van der Waals surface area contributed by atoms with E-state index < -0.39 is 40.6 Å². The van der Waals surface area contributed by atoms with Crippen molar-refractivity contribution in [3.63, 3.8) is 0 Å². The number of rotatable bonds is 2. The average Bonchev–Trinajstić information content (AvgIpc) is 2.13. The van der Waals surface area contributed by atoms with Crippen molar-refractivity contribution in [3.05, 3.63) is 33.6 Å². The second-order valence-electron chi connectivity index (χ2n) is 2.56. The minimum absolute atomic E-state index is 0.221.